The quantitative estimate of drug-likeness (QED) is 0.343. The number of benzene rings is 2. The van der Waals surface area contributed by atoms with Gasteiger partial charge >= 0.3 is 0 Å². The molecule has 0 aliphatic carbocycles. The van der Waals surface area contributed by atoms with E-state index < -0.39 is 0 Å². The summed E-state index contributed by atoms with van der Waals surface area (Å²) in [4.78, 5) is 4.43. The SMILES string of the molecule is Br.COCCNC(N)=NCc1cn(-c2ccccc2)nc1-c1ccccc1. The van der Waals surface area contributed by atoms with Crippen molar-refractivity contribution in [2.75, 3.05) is 20.3 Å². The van der Waals surface area contributed by atoms with E-state index in [1.807, 2.05) is 71.5 Å². The topological polar surface area (TPSA) is 77.5 Å². The van der Waals surface area contributed by atoms with E-state index in [1.54, 1.807) is 7.11 Å². The fraction of sp³-hybridized carbons (Fsp3) is 0.200. The van der Waals surface area contributed by atoms with Crippen molar-refractivity contribution in [2.45, 2.75) is 6.54 Å². The molecule has 1 aromatic heterocycles. The lowest BCUT2D eigenvalue weighted by Gasteiger charge is -2.04. The van der Waals surface area contributed by atoms with Crippen molar-refractivity contribution < 1.29 is 4.74 Å². The summed E-state index contributed by atoms with van der Waals surface area (Å²) in [7, 11) is 1.65. The van der Waals surface area contributed by atoms with Crippen molar-refractivity contribution in [2.24, 2.45) is 10.7 Å². The molecule has 142 valence electrons. The molecule has 3 rings (SSSR count). The Morgan fingerprint density at radius 2 is 1.78 bits per heavy atom. The number of nitrogens with zero attached hydrogens (tertiary/aromatic N) is 3. The van der Waals surface area contributed by atoms with Crippen molar-refractivity contribution in [3.8, 4) is 16.9 Å². The van der Waals surface area contributed by atoms with Crippen LogP contribution in [0.4, 0.5) is 0 Å². The minimum Gasteiger partial charge on any atom is -0.383 e. The van der Waals surface area contributed by atoms with Crippen LogP contribution in [0.5, 0.6) is 0 Å². The molecule has 0 unspecified atom stereocenters. The van der Waals surface area contributed by atoms with E-state index in [4.69, 9.17) is 15.6 Å². The number of ether oxygens (including phenoxy) is 1. The zero-order valence-electron chi connectivity index (χ0n) is 15.2. The Balaban J connectivity index is 0.00000261. The normalized spacial score (nSPS) is 11.1. The predicted molar refractivity (Wildman–Crippen MR) is 115 cm³/mol. The Morgan fingerprint density at radius 3 is 2.44 bits per heavy atom. The van der Waals surface area contributed by atoms with Crippen molar-refractivity contribution in [1.29, 1.82) is 0 Å². The number of guanidine groups is 1. The van der Waals surface area contributed by atoms with Crippen LogP contribution in [-0.2, 0) is 11.3 Å². The van der Waals surface area contributed by atoms with Crippen LogP contribution in [0.2, 0.25) is 0 Å². The third-order valence-electron chi connectivity index (χ3n) is 3.89. The summed E-state index contributed by atoms with van der Waals surface area (Å²) in [6.07, 6.45) is 2.00. The summed E-state index contributed by atoms with van der Waals surface area (Å²) in [6, 6.07) is 20.1. The smallest absolute Gasteiger partial charge is 0.189 e. The maximum absolute atomic E-state index is 5.93. The van der Waals surface area contributed by atoms with Crippen molar-refractivity contribution in [3.05, 3.63) is 72.4 Å². The average molecular weight is 430 g/mol. The molecule has 0 amide bonds. The first-order valence-corrected chi connectivity index (χ1v) is 8.50. The molecule has 3 N–H and O–H groups in total. The molecule has 0 saturated heterocycles. The highest BCUT2D eigenvalue weighted by Gasteiger charge is 2.12. The lowest BCUT2D eigenvalue weighted by Crippen LogP contribution is -2.34. The van der Waals surface area contributed by atoms with Crippen molar-refractivity contribution >= 4 is 22.9 Å². The maximum Gasteiger partial charge on any atom is 0.189 e. The molecule has 27 heavy (non-hydrogen) atoms. The number of aliphatic imine (C=N–C) groups is 1. The van der Waals surface area contributed by atoms with Gasteiger partial charge in [0.1, 0.15) is 0 Å². The number of hydrogen-bond acceptors (Lipinski definition) is 3. The fourth-order valence-electron chi connectivity index (χ4n) is 2.58. The van der Waals surface area contributed by atoms with Gasteiger partial charge in [-0.25, -0.2) is 9.67 Å². The van der Waals surface area contributed by atoms with E-state index in [9.17, 15) is 0 Å². The zero-order valence-corrected chi connectivity index (χ0v) is 16.9. The fourth-order valence-corrected chi connectivity index (χ4v) is 2.58. The molecular weight excluding hydrogens is 406 g/mol. The number of aromatic nitrogens is 2. The molecule has 6 nitrogen and oxygen atoms in total. The van der Waals surface area contributed by atoms with Crippen LogP contribution < -0.4 is 11.1 Å². The average Bonchev–Trinajstić information content (AvgIpc) is 3.12. The Kier molecular flexibility index (Phi) is 8.03. The highest BCUT2D eigenvalue weighted by Crippen LogP contribution is 2.24. The van der Waals surface area contributed by atoms with Gasteiger partial charge in [-0.1, -0.05) is 48.5 Å². The summed E-state index contributed by atoms with van der Waals surface area (Å²) in [5.74, 6) is 0.397. The van der Waals surface area contributed by atoms with Gasteiger partial charge in [-0.15, -0.1) is 17.0 Å². The number of para-hydroxylation sites is 1. The molecule has 2 aromatic carbocycles. The van der Waals surface area contributed by atoms with Crippen LogP contribution in [0.15, 0.2) is 71.9 Å². The molecule has 0 aliphatic rings. The molecule has 7 heteroatoms. The molecule has 0 aliphatic heterocycles. The highest BCUT2D eigenvalue weighted by atomic mass is 79.9. The third-order valence-corrected chi connectivity index (χ3v) is 3.89. The standard InChI is InChI=1S/C20H23N5O.BrH/c1-26-13-12-22-20(21)23-14-17-15-25(18-10-6-3-7-11-18)24-19(17)16-8-4-2-5-9-16;/h2-11,15H,12-14H2,1H3,(H3,21,22,23);1H. The van der Waals surface area contributed by atoms with E-state index in [0.29, 0.717) is 25.7 Å². The van der Waals surface area contributed by atoms with Gasteiger partial charge in [0.25, 0.3) is 0 Å². The molecule has 0 atom stereocenters. The maximum atomic E-state index is 5.93. The molecule has 0 saturated carbocycles. The minimum absolute atomic E-state index is 0. The molecule has 0 bridgehead atoms. The number of halogens is 1. The van der Waals surface area contributed by atoms with Crippen molar-refractivity contribution in [1.82, 2.24) is 15.1 Å². The largest absolute Gasteiger partial charge is 0.383 e. The van der Waals surface area contributed by atoms with Crippen LogP contribution in [0.3, 0.4) is 0 Å². The summed E-state index contributed by atoms with van der Waals surface area (Å²) >= 11 is 0. The van der Waals surface area contributed by atoms with E-state index in [0.717, 1.165) is 22.5 Å². The third kappa shape index (κ3) is 5.67. The zero-order chi connectivity index (χ0) is 18.2. The number of hydrogen-bond donors (Lipinski definition) is 2. The molecule has 1 heterocycles. The van der Waals surface area contributed by atoms with Crippen molar-refractivity contribution in [3.63, 3.8) is 0 Å². The van der Waals surface area contributed by atoms with E-state index >= 15 is 0 Å². The van der Waals surface area contributed by atoms with E-state index in [2.05, 4.69) is 10.3 Å². The van der Waals surface area contributed by atoms with Crippen LogP contribution >= 0.6 is 17.0 Å². The number of methoxy groups -OCH3 is 1. The number of nitrogens with two attached hydrogens (primary N) is 1. The first-order chi connectivity index (χ1) is 12.8. The summed E-state index contributed by atoms with van der Waals surface area (Å²) in [6.45, 7) is 1.65. The predicted octanol–water partition coefficient (Wildman–Crippen LogP) is 3.17. The molecule has 3 aromatic rings. The van der Waals surface area contributed by atoms with Crippen LogP contribution in [0.1, 0.15) is 5.56 Å². The van der Waals surface area contributed by atoms with E-state index in [-0.39, 0.29) is 17.0 Å². The molecular formula is C20H24BrN5O. The molecule has 0 fully saturated rings. The number of rotatable bonds is 7. The van der Waals surface area contributed by atoms with Gasteiger partial charge in [0, 0.05) is 31.0 Å². The Hall–Kier alpha value is -2.64. The van der Waals surface area contributed by atoms with Crippen LogP contribution in [0.25, 0.3) is 16.9 Å². The van der Waals surface area contributed by atoms with Crippen LogP contribution in [-0.4, -0.2) is 36.0 Å². The summed E-state index contributed by atoms with van der Waals surface area (Å²) < 4.78 is 6.87. The highest BCUT2D eigenvalue weighted by molar-refractivity contribution is 8.93. The van der Waals surface area contributed by atoms with Crippen LogP contribution in [0, 0.1) is 0 Å². The van der Waals surface area contributed by atoms with Gasteiger partial charge in [0.2, 0.25) is 0 Å². The minimum atomic E-state index is 0. The second-order valence-corrected chi connectivity index (χ2v) is 5.77. The molecule has 0 spiro atoms. The molecule has 0 radical (unpaired) electrons. The summed E-state index contributed by atoms with van der Waals surface area (Å²) in [5, 5.41) is 7.80. The van der Waals surface area contributed by atoms with Gasteiger partial charge in [-0.05, 0) is 12.1 Å². The Morgan fingerprint density at radius 1 is 1.11 bits per heavy atom. The Bertz CT molecular complexity index is 849. The van der Waals surface area contributed by atoms with Gasteiger partial charge in [-0.2, -0.15) is 5.10 Å². The lowest BCUT2D eigenvalue weighted by atomic mass is 10.1. The first-order valence-electron chi connectivity index (χ1n) is 8.50. The van der Waals surface area contributed by atoms with Gasteiger partial charge in [0.15, 0.2) is 5.96 Å². The monoisotopic (exact) mass is 429 g/mol. The summed E-state index contributed by atoms with van der Waals surface area (Å²) in [5.41, 5.74) is 9.90. The first kappa shape index (κ1) is 20.7. The second-order valence-electron chi connectivity index (χ2n) is 5.77. The Labute approximate surface area is 169 Å². The van der Waals surface area contributed by atoms with E-state index in [1.165, 1.54) is 0 Å². The lowest BCUT2D eigenvalue weighted by molar-refractivity contribution is 0.204. The number of nitrogens with one attached hydrogen (secondary N) is 1. The van der Waals surface area contributed by atoms with Gasteiger partial charge in [-0.3, -0.25) is 0 Å². The second kappa shape index (κ2) is 10.5. The van der Waals surface area contributed by atoms with Gasteiger partial charge < -0.3 is 15.8 Å². The van der Waals surface area contributed by atoms with Gasteiger partial charge in [0.05, 0.1) is 24.5 Å².